The number of nitrogens with zero attached hydrogens (tertiary/aromatic N) is 2. The van der Waals surface area contributed by atoms with Crippen LogP contribution in [0.3, 0.4) is 0 Å². The highest BCUT2D eigenvalue weighted by Gasteiger charge is 2.28. The largest absolute Gasteiger partial charge is 0.382 e. The van der Waals surface area contributed by atoms with E-state index in [2.05, 4.69) is 4.98 Å². The summed E-state index contributed by atoms with van der Waals surface area (Å²) in [7, 11) is 0. The number of nitrogen functional groups attached to an aromatic ring is 1. The van der Waals surface area contributed by atoms with E-state index < -0.39 is 11.9 Å². The zero-order chi connectivity index (χ0) is 19.4. The number of amides is 1. The topological polar surface area (TPSA) is 102 Å². The second kappa shape index (κ2) is 8.01. The van der Waals surface area contributed by atoms with Gasteiger partial charge in [0, 0.05) is 11.3 Å². The van der Waals surface area contributed by atoms with Crippen LogP contribution >= 0.6 is 11.3 Å². The summed E-state index contributed by atoms with van der Waals surface area (Å²) in [6.45, 7) is 1.87. The average molecular weight is 380 g/mol. The first-order valence-corrected chi connectivity index (χ1v) is 9.34. The molecule has 1 aromatic heterocycles. The number of para-hydroxylation sites is 1. The summed E-state index contributed by atoms with van der Waals surface area (Å²) in [6.07, 6.45) is 0.492. The van der Waals surface area contributed by atoms with Crippen LogP contribution in [0.25, 0.3) is 0 Å². The third kappa shape index (κ3) is 3.83. The molecule has 0 saturated heterocycles. The summed E-state index contributed by atoms with van der Waals surface area (Å²) in [4.78, 5) is 31.3. The van der Waals surface area contributed by atoms with E-state index in [4.69, 9.17) is 11.5 Å². The number of rotatable bonds is 7. The first kappa shape index (κ1) is 18.6. The van der Waals surface area contributed by atoms with Gasteiger partial charge in [-0.25, -0.2) is 4.98 Å². The normalized spacial score (nSPS) is 11.7. The van der Waals surface area contributed by atoms with Crippen molar-refractivity contribution >= 4 is 39.7 Å². The predicted octanol–water partition coefficient (Wildman–Crippen LogP) is 3.36. The summed E-state index contributed by atoms with van der Waals surface area (Å²) < 4.78 is 0. The van der Waals surface area contributed by atoms with Crippen LogP contribution in [0.5, 0.6) is 0 Å². The van der Waals surface area contributed by atoms with Crippen molar-refractivity contribution < 1.29 is 9.59 Å². The first-order valence-electron chi connectivity index (χ1n) is 8.52. The van der Waals surface area contributed by atoms with E-state index in [9.17, 15) is 9.59 Å². The molecule has 2 aromatic carbocycles. The number of hydrogen-bond acceptors (Lipinski definition) is 6. The predicted molar refractivity (Wildman–Crippen MR) is 108 cm³/mol. The monoisotopic (exact) mass is 380 g/mol. The molecule has 0 aliphatic heterocycles. The van der Waals surface area contributed by atoms with Crippen molar-refractivity contribution in [2.24, 2.45) is 5.73 Å². The second-order valence-corrected chi connectivity index (χ2v) is 6.92. The molecule has 3 aromatic rings. The van der Waals surface area contributed by atoms with Crippen molar-refractivity contribution in [2.45, 2.75) is 19.4 Å². The molecular formula is C20H20N4O2S. The Balaban J connectivity index is 2.06. The second-order valence-electron chi connectivity index (χ2n) is 5.94. The van der Waals surface area contributed by atoms with Gasteiger partial charge in [0.25, 0.3) is 0 Å². The van der Waals surface area contributed by atoms with Gasteiger partial charge < -0.3 is 16.4 Å². The van der Waals surface area contributed by atoms with Crippen molar-refractivity contribution in [1.82, 2.24) is 4.98 Å². The lowest BCUT2D eigenvalue weighted by Crippen LogP contribution is -2.41. The summed E-state index contributed by atoms with van der Waals surface area (Å²) in [5.41, 5.74) is 13.0. The molecule has 1 atom stereocenters. The molecular weight excluding hydrogens is 360 g/mol. The van der Waals surface area contributed by atoms with Gasteiger partial charge in [-0.15, -0.1) is 0 Å². The highest BCUT2D eigenvalue weighted by Crippen LogP contribution is 2.36. The number of thiazole rings is 1. The van der Waals surface area contributed by atoms with Crippen LogP contribution in [0.1, 0.15) is 28.6 Å². The fourth-order valence-corrected chi connectivity index (χ4v) is 3.85. The highest BCUT2D eigenvalue weighted by atomic mass is 32.1. The van der Waals surface area contributed by atoms with Gasteiger partial charge in [-0.3, -0.25) is 9.59 Å². The van der Waals surface area contributed by atoms with Gasteiger partial charge in [-0.1, -0.05) is 66.8 Å². The molecule has 138 valence electrons. The van der Waals surface area contributed by atoms with Gasteiger partial charge >= 0.3 is 0 Å². The summed E-state index contributed by atoms with van der Waals surface area (Å²) >= 11 is 1.16. The molecule has 1 heterocycles. The number of carbonyl (C=O) groups excluding carboxylic acids is 2. The van der Waals surface area contributed by atoms with Crippen LogP contribution in [0.4, 0.5) is 16.6 Å². The van der Waals surface area contributed by atoms with E-state index >= 15 is 0 Å². The number of carbonyl (C=O) groups is 2. The Morgan fingerprint density at radius 2 is 1.67 bits per heavy atom. The maximum Gasteiger partial charge on any atom is 0.240 e. The lowest BCUT2D eigenvalue weighted by Gasteiger charge is -2.28. The molecule has 0 fully saturated rings. The van der Waals surface area contributed by atoms with Gasteiger partial charge in [0.2, 0.25) is 11.7 Å². The number of benzene rings is 2. The van der Waals surface area contributed by atoms with Crippen LogP contribution < -0.4 is 16.4 Å². The Hall–Kier alpha value is -3.19. The number of nitrogens with two attached hydrogens (primary N) is 2. The molecule has 4 N–H and O–H groups in total. The smallest absolute Gasteiger partial charge is 0.240 e. The molecule has 0 aliphatic rings. The van der Waals surface area contributed by atoms with Crippen LogP contribution in [-0.2, 0) is 4.79 Å². The van der Waals surface area contributed by atoms with E-state index in [1.807, 2.05) is 43.3 Å². The number of anilines is 3. The Morgan fingerprint density at radius 3 is 2.22 bits per heavy atom. The van der Waals surface area contributed by atoms with Crippen molar-refractivity contribution in [3.05, 3.63) is 71.1 Å². The van der Waals surface area contributed by atoms with Crippen molar-refractivity contribution in [2.75, 3.05) is 10.6 Å². The quantitative estimate of drug-likeness (QED) is 0.612. The lowest BCUT2D eigenvalue weighted by atomic mass is 10.1. The molecule has 7 heteroatoms. The van der Waals surface area contributed by atoms with Gasteiger partial charge in [0.15, 0.2) is 5.13 Å². The summed E-state index contributed by atoms with van der Waals surface area (Å²) in [5.74, 6) is -0.521. The van der Waals surface area contributed by atoms with Crippen LogP contribution in [-0.4, -0.2) is 22.7 Å². The molecule has 27 heavy (non-hydrogen) atoms. The molecule has 1 unspecified atom stereocenters. The van der Waals surface area contributed by atoms with E-state index in [-0.39, 0.29) is 11.6 Å². The molecule has 0 bridgehead atoms. The minimum absolute atomic E-state index is 0.143. The van der Waals surface area contributed by atoms with Crippen molar-refractivity contribution in [3.63, 3.8) is 0 Å². The molecule has 0 radical (unpaired) electrons. The standard InChI is InChI=1S/C20H20N4O2S/c1-2-15(19(22)26)24(14-11-7-4-8-12-14)20-23-18(21)17(27-20)16(25)13-9-5-3-6-10-13/h3-12,15H,2,21H2,1H3,(H2,22,26). The zero-order valence-corrected chi connectivity index (χ0v) is 15.6. The SMILES string of the molecule is CCC(C(N)=O)N(c1ccccc1)c1nc(N)c(C(=O)c2ccccc2)s1. The van der Waals surface area contributed by atoms with Crippen LogP contribution in [0.15, 0.2) is 60.7 Å². The van der Waals surface area contributed by atoms with E-state index in [0.29, 0.717) is 22.0 Å². The van der Waals surface area contributed by atoms with Gasteiger partial charge in [-0.2, -0.15) is 0 Å². The van der Waals surface area contributed by atoms with Crippen LogP contribution in [0.2, 0.25) is 0 Å². The van der Waals surface area contributed by atoms with E-state index in [0.717, 1.165) is 17.0 Å². The van der Waals surface area contributed by atoms with Crippen LogP contribution in [0, 0.1) is 0 Å². The third-order valence-electron chi connectivity index (χ3n) is 4.15. The summed E-state index contributed by atoms with van der Waals surface area (Å²) in [5, 5.41) is 0.462. The maximum atomic E-state index is 12.8. The fourth-order valence-electron chi connectivity index (χ4n) is 2.83. The molecule has 1 amide bonds. The van der Waals surface area contributed by atoms with Gasteiger partial charge in [-0.05, 0) is 18.6 Å². The third-order valence-corrected chi connectivity index (χ3v) is 5.22. The average Bonchev–Trinajstić information content (AvgIpc) is 3.07. The van der Waals surface area contributed by atoms with Crippen molar-refractivity contribution in [1.29, 1.82) is 0 Å². The highest BCUT2D eigenvalue weighted by molar-refractivity contribution is 7.18. The Bertz CT molecular complexity index is 941. The van der Waals surface area contributed by atoms with E-state index in [1.54, 1.807) is 29.2 Å². The molecule has 6 nitrogen and oxygen atoms in total. The molecule has 0 spiro atoms. The van der Waals surface area contributed by atoms with Gasteiger partial charge in [0.05, 0.1) is 0 Å². The number of primary amides is 1. The Morgan fingerprint density at radius 1 is 1.07 bits per heavy atom. The Kier molecular flexibility index (Phi) is 5.52. The van der Waals surface area contributed by atoms with Gasteiger partial charge in [0.1, 0.15) is 16.7 Å². The fraction of sp³-hybridized carbons (Fsp3) is 0.150. The minimum atomic E-state index is -0.599. The maximum absolute atomic E-state index is 12.8. The number of aromatic nitrogens is 1. The summed E-state index contributed by atoms with van der Waals surface area (Å²) in [6, 6.07) is 17.6. The van der Waals surface area contributed by atoms with E-state index in [1.165, 1.54) is 0 Å². The Labute approximate surface area is 161 Å². The minimum Gasteiger partial charge on any atom is -0.382 e. The lowest BCUT2D eigenvalue weighted by molar-refractivity contribution is -0.119. The molecule has 3 rings (SSSR count). The number of hydrogen-bond donors (Lipinski definition) is 2. The van der Waals surface area contributed by atoms with Crippen molar-refractivity contribution in [3.8, 4) is 0 Å². The molecule has 0 aliphatic carbocycles. The zero-order valence-electron chi connectivity index (χ0n) is 14.8. The molecule has 0 saturated carbocycles. The first-order chi connectivity index (χ1) is 13.0. The number of ketones is 1.